The largest absolute Gasteiger partial charge is 0.312 e. The first-order chi connectivity index (χ1) is 11.3. The molecule has 0 saturated heterocycles. The minimum Gasteiger partial charge on any atom is -0.312 e. The fourth-order valence-electron chi connectivity index (χ4n) is 2.98. The molecule has 2 aliphatic heterocycles. The van der Waals surface area contributed by atoms with Crippen LogP contribution in [0.15, 0.2) is 23.3 Å². The van der Waals surface area contributed by atoms with Gasteiger partial charge in [-0.1, -0.05) is 13.0 Å². The first-order valence-electron chi connectivity index (χ1n) is 7.58. The first-order valence-corrected chi connectivity index (χ1v) is 8.40. The van der Waals surface area contributed by atoms with Gasteiger partial charge in [0.1, 0.15) is 0 Å². The summed E-state index contributed by atoms with van der Waals surface area (Å²) in [5.41, 5.74) is 2.53. The zero-order valence-electron chi connectivity index (χ0n) is 13.9. The zero-order valence-corrected chi connectivity index (χ0v) is 14.7. The molecule has 0 unspecified atom stereocenters. The van der Waals surface area contributed by atoms with Crippen LogP contribution in [0.25, 0.3) is 0 Å². The van der Waals surface area contributed by atoms with Gasteiger partial charge in [-0.15, -0.1) is 5.10 Å². The molecule has 1 N–H and O–H groups in total. The Morgan fingerprint density at radius 2 is 2.04 bits per heavy atom. The SMILES string of the molecule is CCc1ccc2c(c1)[C@@]1(SC(NC(C)=O)=NN1C(C)=O)C(=O)N2C. The molecule has 7 nitrogen and oxygen atoms in total. The lowest BCUT2D eigenvalue weighted by molar-refractivity contribution is -0.139. The van der Waals surface area contributed by atoms with Gasteiger partial charge in [-0.3, -0.25) is 14.4 Å². The van der Waals surface area contributed by atoms with E-state index < -0.39 is 4.87 Å². The van der Waals surface area contributed by atoms with Gasteiger partial charge in [0.25, 0.3) is 5.91 Å². The number of fused-ring (bicyclic) bond motifs is 2. The molecule has 0 radical (unpaired) electrons. The van der Waals surface area contributed by atoms with Crippen LogP contribution in [0.1, 0.15) is 31.9 Å². The van der Waals surface area contributed by atoms with E-state index in [2.05, 4.69) is 10.4 Å². The molecule has 2 aliphatic rings. The second-order valence-electron chi connectivity index (χ2n) is 5.73. The van der Waals surface area contributed by atoms with Crippen LogP contribution in [0.5, 0.6) is 0 Å². The monoisotopic (exact) mass is 346 g/mol. The highest BCUT2D eigenvalue weighted by Crippen LogP contribution is 2.54. The fourth-order valence-corrected chi connectivity index (χ4v) is 4.33. The Balaban J connectivity index is 2.17. The molecule has 8 heteroatoms. The third-order valence-electron chi connectivity index (χ3n) is 4.10. The molecule has 1 spiro atoms. The maximum Gasteiger partial charge on any atom is 0.270 e. The van der Waals surface area contributed by atoms with Crippen LogP contribution < -0.4 is 10.2 Å². The van der Waals surface area contributed by atoms with Crippen LogP contribution in [0, 0.1) is 0 Å². The molecular formula is C16H18N4O3S. The maximum absolute atomic E-state index is 13.1. The molecule has 3 amide bonds. The summed E-state index contributed by atoms with van der Waals surface area (Å²) in [7, 11) is 1.68. The average molecular weight is 346 g/mol. The van der Waals surface area contributed by atoms with Crippen LogP contribution >= 0.6 is 11.8 Å². The Labute approximate surface area is 144 Å². The number of carbonyl (C=O) groups is 3. The lowest BCUT2D eigenvalue weighted by atomic mass is 10.0. The molecule has 0 saturated carbocycles. The number of nitrogens with one attached hydrogen (secondary N) is 1. The highest BCUT2D eigenvalue weighted by molar-refractivity contribution is 8.15. The van der Waals surface area contributed by atoms with Crippen LogP contribution in [0.2, 0.25) is 0 Å². The molecule has 1 aromatic carbocycles. The molecule has 0 aliphatic carbocycles. The molecule has 2 heterocycles. The summed E-state index contributed by atoms with van der Waals surface area (Å²) in [5, 5.41) is 8.19. The number of hydrazone groups is 1. The quantitative estimate of drug-likeness (QED) is 0.833. The minimum absolute atomic E-state index is 0.245. The number of aryl methyl sites for hydroxylation is 1. The predicted molar refractivity (Wildman–Crippen MR) is 92.3 cm³/mol. The standard InChI is InChI=1S/C16H18N4O3S/c1-5-11-6-7-13-12(8-11)16(14(23)19(13)4)20(10(3)22)18-15(24-16)17-9(2)21/h6-8H,5H2,1-4H3,(H,17,18,21)/t16-/m1/s1. The van der Waals surface area contributed by atoms with E-state index in [4.69, 9.17) is 0 Å². The van der Waals surface area contributed by atoms with Crippen molar-refractivity contribution in [2.24, 2.45) is 5.10 Å². The summed E-state index contributed by atoms with van der Waals surface area (Å²) in [5.74, 6) is -0.919. The van der Waals surface area contributed by atoms with E-state index in [9.17, 15) is 14.4 Å². The molecule has 1 atom stereocenters. The molecular weight excluding hydrogens is 328 g/mol. The van der Waals surface area contributed by atoms with E-state index in [1.807, 2.05) is 25.1 Å². The van der Waals surface area contributed by atoms with Crippen molar-refractivity contribution in [2.45, 2.75) is 32.1 Å². The van der Waals surface area contributed by atoms with Gasteiger partial charge in [-0.25, -0.2) is 0 Å². The topological polar surface area (TPSA) is 82.1 Å². The molecule has 24 heavy (non-hydrogen) atoms. The zero-order chi connectivity index (χ0) is 17.6. The number of hydrogen-bond donors (Lipinski definition) is 1. The Hall–Kier alpha value is -2.35. The average Bonchev–Trinajstić information content (AvgIpc) is 3.00. The number of rotatable bonds is 1. The van der Waals surface area contributed by atoms with Crippen molar-refractivity contribution in [1.82, 2.24) is 10.3 Å². The van der Waals surface area contributed by atoms with Crippen LogP contribution in [0.3, 0.4) is 0 Å². The highest BCUT2D eigenvalue weighted by atomic mass is 32.2. The van der Waals surface area contributed by atoms with Gasteiger partial charge in [0, 0.05) is 26.5 Å². The van der Waals surface area contributed by atoms with Crippen molar-refractivity contribution in [1.29, 1.82) is 0 Å². The summed E-state index contributed by atoms with van der Waals surface area (Å²) >= 11 is 1.09. The number of amidine groups is 1. The van der Waals surface area contributed by atoms with Gasteiger partial charge < -0.3 is 10.2 Å². The fraction of sp³-hybridized carbons (Fsp3) is 0.375. The van der Waals surface area contributed by atoms with Gasteiger partial charge in [0.05, 0.1) is 5.69 Å². The van der Waals surface area contributed by atoms with Crippen LogP contribution in [-0.2, 0) is 25.7 Å². The number of carbonyl (C=O) groups excluding carboxylic acids is 3. The Morgan fingerprint density at radius 3 is 2.62 bits per heavy atom. The molecule has 126 valence electrons. The summed E-state index contributed by atoms with van der Waals surface area (Å²) < 4.78 is 0. The number of hydrogen-bond acceptors (Lipinski definition) is 5. The van der Waals surface area contributed by atoms with Gasteiger partial charge >= 0.3 is 0 Å². The molecule has 3 rings (SSSR count). The van der Waals surface area contributed by atoms with Crippen molar-refractivity contribution in [3.8, 4) is 0 Å². The summed E-state index contributed by atoms with van der Waals surface area (Å²) in [6.45, 7) is 4.74. The van der Waals surface area contributed by atoms with Crippen molar-refractivity contribution < 1.29 is 14.4 Å². The first kappa shape index (κ1) is 16.5. The predicted octanol–water partition coefficient (Wildman–Crippen LogP) is 1.38. The van der Waals surface area contributed by atoms with Crippen molar-refractivity contribution in [3.63, 3.8) is 0 Å². The number of thioether (sulfide) groups is 1. The van der Waals surface area contributed by atoms with E-state index in [1.54, 1.807) is 7.05 Å². The van der Waals surface area contributed by atoms with Gasteiger partial charge in [0.15, 0.2) is 5.17 Å². The third kappa shape index (κ3) is 2.21. The number of benzene rings is 1. The molecule has 1 aromatic rings. The number of likely N-dealkylation sites (N-methyl/N-ethyl adjacent to an activating group) is 1. The van der Waals surface area contributed by atoms with E-state index in [0.717, 1.165) is 35.0 Å². The number of amides is 3. The Bertz CT molecular complexity index is 792. The Morgan fingerprint density at radius 1 is 1.33 bits per heavy atom. The van der Waals surface area contributed by atoms with Crippen molar-refractivity contribution >= 4 is 40.3 Å². The normalized spacial score (nSPS) is 22.0. The Kier molecular flexibility index (Phi) is 3.87. The second-order valence-corrected chi connectivity index (χ2v) is 6.91. The van der Waals surface area contributed by atoms with Crippen molar-refractivity contribution in [3.05, 3.63) is 29.3 Å². The number of anilines is 1. The van der Waals surface area contributed by atoms with E-state index in [0.29, 0.717) is 0 Å². The molecule has 0 fully saturated rings. The van der Waals surface area contributed by atoms with E-state index in [-0.39, 0.29) is 22.9 Å². The lowest BCUT2D eigenvalue weighted by Gasteiger charge is -2.29. The summed E-state index contributed by atoms with van der Waals surface area (Å²) in [6.07, 6.45) is 0.811. The van der Waals surface area contributed by atoms with E-state index >= 15 is 0 Å². The third-order valence-corrected chi connectivity index (χ3v) is 5.34. The van der Waals surface area contributed by atoms with Gasteiger partial charge in [0.2, 0.25) is 16.7 Å². The second kappa shape index (κ2) is 5.62. The van der Waals surface area contributed by atoms with Gasteiger partial charge in [-0.05, 0) is 35.9 Å². The maximum atomic E-state index is 13.1. The highest BCUT2D eigenvalue weighted by Gasteiger charge is 2.60. The van der Waals surface area contributed by atoms with Gasteiger partial charge in [-0.2, -0.15) is 5.01 Å². The summed E-state index contributed by atoms with van der Waals surface area (Å²) in [4.78, 5) is 36.8. The molecule has 0 bridgehead atoms. The summed E-state index contributed by atoms with van der Waals surface area (Å²) in [6, 6.07) is 5.79. The van der Waals surface area contributed by atoms with Crippen LogP contribution in [-0.4, -0.2) is 34.9 Å². The van der Waals surface area contributed by atoms with E-state index in [1.165, 1.54) is 23.8 Å². The smallest absolute Gasteiger partial charge is 0.270 e. The van der Waals surface area contributed by atoms with Crippen molar-refractivity contribution in [2.75, 3.05) is 11.9 Å². The number of nitrogens with zero attached hydrogens (tertiary/aromatic N) is 3. The minimum atomic E-state index is -1.29. The lowest BCUT2D eigenvalue weighted by Crippen LogP contribution is -2.47. The molecule has 0 aromatic heterocycles. The van der Waals surface area contributed by atoms with Crippen LogP contribution in [0.4, 0.5) is 5.69 Å².